The van der Waals surface area contributed by atoms with E-state index < -0.39 is 17.7 Å². The summed E-state index contributed by atoms with van der Waals surface area (Å²) in [6.45, 7) is 5.56. The molecular formula is C35H44ClF3N8O3. The van der Waals surface area contributed by atoms with Gasteiger partial charge in [-0.05, 0) is 49.8 Å². The lowest BCUT2D eigenvalue weighted by molar-refractivity contribution is -0.143. The van der Waals surface area contributed by atoms with Crippen molar-refractivity contribution in [1.82, 2.24) is 34.8 Å². The summed E-state index contributed by atoms with van der Waals surface area (Å²) in [7, 11) is 1.37. The number of halogens is 4. The predicted octanol–water partition coefficient (Wildman–Crippen LogP) is 4.26. The number of nitrogens with one attached hydrogen (secondary N) is 3. The summed E-state index contributed by atoms with van der Waals surface area (Å²) in [6.07, 6.45) is -2.26. The smallest absolute Gasteiger partial charge is 0.386 e. The van der Waals surface area contributed by atoms with E-state index in [9.17, 15) is 27.6 Å². The fourth-order valence-electron chi connectivity index (χ4n) is 7.56. The molecular weight excluding hydrogens is 673 g/mol. The third-order valence-corrected chi connectivity index (χ3v) is 10.6. The van der Waals surface area contributed by atoms with Gasteiger partial charge in [0.15, 0.2) is 5.82 Å². The van der Waals surface area contributed by atoms with Crippen LogP contribution in [0.1, 0.15) is 49.3 Å². The van der Waals surface area contributed by atoms with Crippen LogP contribution in [0.25, 0.3) is 11.4 Å². The molecule has 2 aromatic carbocycles. The van der Waals surface area contributed by atoms with E-state index in [1.165, 1.54) is 17.8 Å². The monoisotopic (exact) mass is 716 g/mol. The summed E-state index contributed by atoms with van der Waals surface area (Å²) < 4.78 is 43.5. The second-order valence-corrected chi connectivity index (χ2v) is 13.8. The van der Waals surface area contributed by atoms with Crippen molar-refractivity contribution in [1.29, 1.82) is 0 Å². The number of anilines is 1. The summed E-state index contributed by atoms with van der Waals surface area (Å²) in [5.41, 5.74) is -0.422. The lowest BCUT2D eigenvalue weighted by Gasteiger charge is -2.41. The lowest BCUT2D eigenvalue weighted by atomic mass is 9.91. The molecule has 2 amide bonds. The van der Waals surface area contributed by atoms with Gasteiger partial charge in [0.05, 0.1) is 28.2 Å². The van der Waals surface area contributed by atoms with E-state index in [0.29, 0.717) is 50.9 Å². The van der Waals surface area contributed by atoms with Gasteiger partial charge in [-0.1, -0.05) is 41.9 Å². The third-order valence-electron chi connectivity index (χ3n) is 10.3. The molecule has 3 aliphatic rings. The minimum Gasteiger partial charge on any atom is -0.386 e. The van der Waals surface area contributed by atoms with E-state index in [0.717, 1.165) is 50.7 Å². The topological polar surface area (TPSA) is 119 Å². The van der Waals surface area contributed by atoms with Crippen LogP contribution in [0.5, 0.6) is 0 Å². The fraction of sp³-hybridized carbons (Fsp3) is 0.543. The zero-order valence-electron chi connectivity index (χ0n) is 28.1. The summed E-state index contributed by atoms with van der Waals surface area (Å²) in [5.74, 6) is -0.864. The number of carbonyl (C=O) groups is 2. The van der Waals surface area contributed by atoms with Gasteiger partial charge in [0.25, 0.3) is 0 Å². The predicted molar refractivity (Wildman–Crippen MR) is 185 cm³/mol. The number of hydrogen-bond acceptors (Lipinski definition) is 7. The Balaban J connectivity index is 1.15. The highest BCUT2D eigenvalue weighted by Gasteiger charge is 2.37. The van der Waals surface area contributed by atoms with E-state index in [-0.39, 0.29) is 52.7 Å². The molecule has 0 spiro atoms. The van der Waals surface area contributed by atoms with Crippen molar-refractivity contribution in [2.45, 2.75) is 56.8 Å². The minimum atomic E-state index is -4.67. The van der Waals surface area contributed by atoms with E-state index in [2.05, 4.69) is 25.6 Å². The molecule has 11 nitrogen and oxygen atoms in total. The SMILES string of the molecule is CNc1c(Cl)cc(C[C@@H](CC(=O)N2CCC(n3nc(-c4ccccc4)[nH]c3=O)CC2)C(=O)N2CCC(N3CCNCC3)CC2)cc1C(F)(F)F. The number of aromatic nitrogens is 3. The first-order chi connectivity index (χ1) is 24.0. The molecule has 0 radical (unpaired) electrons. The molecule has 3 aliphatic heterocycles. The molecule has 15 heteroatoms. The van der Waals surface area contributed by atoms with Crippen LogP contribution in [-0.4, -0.2) is 107 Å². The standard InChI is InChI=1S/C35H44ClF3N8O3/c1-40-31-28(35(37,38)39)20-23(21-29(31)36)19-25(33(49)46-15-7-26(8-16-46)44-17-11-41-12-18-44)22-30(48)45-13-9-27(10-14-45)47-34(50)42-32(43-47)24-5-3-2-4-6-24/h2-6,20-21,25-27,40-41H,7-19,22H2,1H3,(H,42,43,50)/t25-/m0/s1. The lowest BCUT2D eigenvalue weighted by Crippen LogP contribution is -2.53. The normalized spacial score (nSPS) is 19.1. The molecule has 1 atom stereocenters. The summed E-state index contributed by atoms with van der Waals surface area (Å²) in [4.78, 5) is 49.4. The van der Waals surface area contributed by atoms with Gasteiger partial charge in [-0.3, -0.25) is 19.5 Å². The van der Waals surface area contributed by atoms with Gasteiger partial charge in [-0.15, -0.1) is 5.10 Å². The van der Waals surface area contributed by atoms with Crippen LogP contribution in [0.15, 0.2) is 47.3 Å². The molecule has 6 rings (SSSR count). The number of benzene rings is 2. The van der Waals surface area contributed by atoms with Crippen LogP contribution >= 0.6 is 11.6 Å². The molecule has 0 unspecified atom stereocenters. The van der Waals surface area contributed by atoms with E-state index in [1.54, 1.807) is 9.80 Å². The van der Waals surface area contributed by atoms with Crippen molar-refractivity contribution in [3.63, 3.8) is 0 Å². The van der Waals surface area contributed by atoms with Gasteiger partial charge in [0.1, 0.15) is 0 Å². The Morgan fingerprint density at radius 3 is 2.24 bits per heavy atom. The first-order valence-electron chi connectivity index (χ1n) is 17.3. The molecule has 3 saturated heterocycles. The molecule has 0 aliphatic carbocycles. The van der Waals surface area contributed by atoms with Gasteiger partial charge >= 0.3 is 11.9 Å². The Hall–Kier alpha value is -3.88. The number of carbonyl (C=O) groups excluding carboxylic acids is 2. The van der Waals surface area contributed by atoms with Crippen molar-refractivity contribution < 1.29 is 22.8 Å². The molecule has 3 fully saturated rings. The number of nitrogens with zero attached hydrogens (tertiary/aromatic N) is 5. The van der Waals surface area contributed by atoms with Gasteiger partial charge in [-0.25, -0.2) is 9.48 Å². The Bertz CT molecular complexity index is 1690. The second kappa shape index (κ2) is 15.6. The largest absolute Gasteiger partial charge is 0.418 e. The van der Waals surface area contributed by atoms with Gasteiger partial charge < -0.3 is 20.4 Å². The Morgan fingerprint density at radius 1 is 0.960 bits per heavy atom. The first-order valence-corrected chi connectivity index (χ1v) is 17.7. The minimum absolute atomic E-state index is 0.0590. The number of alkyl halides is 3. The van der Waals surface area contributed by atoms with Crippen LogP contribution in [0.3, 0.4) is 0 Å². The maximum Gasteiger partial charge on any atom is 0.418 e. The molecule has 3 aromatic rings. The maximum absolute atomic E-state index is 14.1. The Labute approximate surface area is 294 Å². The van der Waals surface area contributed by atoms with E-state index >= 15 is 0 Å². The molecule has 0 bridgehead atoms. The zero-order valence-corrected chi connectivity index (χ0v) is 28.9. The summed E-state index contributed by atoms with van der Waals surface area (Å²) >= 11 is 6.31. The van der Waals surface area contributed by atoms with Crippen LogP contribution in [0.4, 0.5) is 18.9 Å². The average molecular weight is 717 g/mol. The van der Waals surface area contributed by atoms with Gasteiger partial charge in [-0.2, -0.15) is 13.2 Å². The van der Waals surface area contributed by atoms with Crippen molar-refractivity contribution in [3.05, 3.63) is 69.1 Å². The number of rotatable bonds is 9. The van der Waals surface area contributed by atoms with Crippen LogP contribution in [0, 0.1) is 5.92 Å². The molecule has 270 valence electrons. The second-order valence-electron chi connectivity index (χ2n) is 13.4. The number of likely N-dealkylation sites (tertiary alicyclic amines) is 2. The highest BCUT2D eigenvalue weighted by Crippen LogP contribution is 2.40. The van der Waals surface area contributed by atoms with Crippen LogP contribution in [0.2, 0.25) is 5.02 Å². The van der Waals surface area contributed by atoms with Crippen molar-refractivity contribution in [2.75, 3.05) is 64.7 Å². The third kappa shape index (κ3) is 8.18. The zero-order chi connectivity index (χ0) is 35.4. The number of aromatic amines is 1. The summed E-state index contributed by atoms with van der Waals surface area (Å²) in [5, 5.41) is 10.3. The van der Waals surface area contributed by atoms with Crippen LogP contribution in [-0.2, 0) is 22.2 Å². The van der Waals surface area contributed by atoms with Gasteiger partial charge in [0.2, 0.25) is 11.8 Å². The quantitative estimate of drug-likeness (QED) is 0.303. The van der Waals surface area contributed by atoms with Crippen molar-refractivity contribution in [2.24, 2.45) is 5.92 Å². The molecule has 4 heterocycles. The number of piperazine rings is 1. The fourth-order valence-corrected chi connectivity index (χ4v) is 7.89. The molecule has 1 aromatic heterocycles. The number of amides is 2. The average Bonchev–Trinajstić information content (AvgIpc) is 3.52. The summed E-state index contributed by atoms with van der Waals surface area (Å²) in [6, 6.07) is 12.0. The van der Waals surface area contributed by atoms with Crippen molar-refractivity contribution in [3.8, 4) is 11.4 Å². The number of H-pyrrole nitrogens is 1. The number of piperidine rings is 2. The van der Waals surface area contributed by atoms with Crippen LogP contribution < -0.4 is 16.3 Å². The van der Waals surface area contributed by atoms with E-state index in [4.69, 9.17) is 11.6 Å². The molecule has 50 heavy (non-hydrogen) atoms. The Morgan fingerprint density at radius 2 is 1.60 bits per heavy atom. The first kappa shape index (κ1) is 35.9. The number of hydrogen-bond donors (Lipinski definition) is 3. The van der Waals surface area contributed by atoms with E-state index in [1.807, 2.05) is 30.3 Å². The van der Waals surface area contributed by atoms with Crippen molar-refractivity contribution >= 4 is 29.1 Å². The maximum atomic E-state index is 14.1. The Kier molecular flexibility index (Phi) is 11.2. The van der Waals surface area contributed by atoms with Gasteiger partial charge in [0, 0.05) is 77.4 Å². The highest BCUT2D eigenvalue weighted by atomic mass is 35.5. The molecule has 0 saturated carbocycles. The molecule has 3 N–H and O–H groups in total. The highest BCUT2D eigenvalue weighted by molar-refractivity contribution is 6.33.